The van der Waals surface area contributed by atoms with Crippen LogP contribution in [0.15, 0.2) is 239 Å². The highest BCUT2D eigenvalue weighted by Crippen LogP contribution is 2.40. The van der Waals surface area contributed by atoms with Crippen LogP contribution in [0.25, 0.3) is 134 Å². The zero-order valence-electron chi connectivity index (χ0n) is 36.5. The summed E-state index contributed by atoms with van der Waals surface area (Å²) < 4.78 is 13.1. The Hall–Kier alpha value is -9.26. The van der Waals surface area contributed by atoms with Crippen molar-refractivity contribution in [2.45, 2.75) is 0 Å². The minimum absolute atomic E-state index is 0.641. The van der Waals surface area contributed by atoms with Gasteiger partial charge in [-0.2, -0.15) is 0 Å². The smallest absolute Gasteiger partial charge is 0.180 e. The zero-order valence-corrected chi connectivity index (χ0v) is 36.5. The van der Waals surface area contributed by atoms with Crippen LogP contribution in [0.1, 0.15) is 0 Å². The van der Waals surface area contributed by atoms with Crippen LogP contribution in [0.4, 0.5) is 0 Å². The van der Waals surface area contributed by atoms with Crippen LogP contribution >= 0.6 is 0 Å². The van der Waals surface area contributed by atoms with Crippen molar-refractivity contribution in [1.82, 2.24) is 19.9 Å². The lowest BCUT2D eigenvalue weighted by molar-refractivity contribution is 0.667. The molecule has 0 atom stereocenters. The molecule has 0 spiro atoms. The van der Waals surface area contributed by atoms with Crippen LogP contribution < -0.4 is 0 Å². The van der Waals surface area contributed by atoms with Gasteiger partial charge in [-0.3, -0.25) is 0 Å². The number of hydrogen-bond donors (Lipinski definition) is 0. The molecular weight excluding hydrogens is 833 g/mol. The normalized spacial score (nSPS) is 11.5. The second kappa shape index (κ2) is 16.3. The van der Waals surface area contributed by atoms with Gasteiger partial charge in [0, 0.05) is 33.0 Å². The van der Waals surface area contributed by atoms with Gasteiger partial charge >= 0.3 is 0 Å². The molecule has 13 rings (SSSR count). The Morgan fingerprint density at radius 2 is 0.544 bits per heavy atom. The van der Waals surface area contributed by atoms with Gasteiger partial charge in [-0.15, -0.1) is 0 Å². The van der Waals surface area contributed by atoms with Gasteiger partial charge in [0.25, 0.3) is 0 Å². The molecule has 318 valence electrons. The molecule has 0 radical (unpaired) electrons. The molecule has 0 N–H and O–H groups in total. The van der Waals surface area contributed by atoms with Crippen molar-refractivity contribution in [3.63, 3.8) is 0 Å². The molecule has 13 aromatic rings. The minimum atomic E-state index is 0.641. The highest BCUT2D eigenvalue weighted by atomic mass is 16.3. The van der Waals surface area contributed by atoms with Crippen molar-refractivity contribution in [2.24, 2.45) is 0 Å². The fourth-order valence-electron chi connectivity index (χ4n) is 9.29. The lowest BCUT2D eigenvalue weighted by atomic mass is 9.96. The Labute approximate surface area is 391 Å². The number of benzene rings is 9. The lowest BCUT2D eigenvalue weighted by Crippen LogP contribution is -1.94. The molecule has 68 heavy (non-hydrogen) atoms. The Kier molecular flexibility index (Phi) is 9.39. The van der Waals surface area contributed by atoms with E-state index in [9.17, 15) is 0 Å². The van der Waals surface area contributed by atoms with E-state index >= 15 is 0 Å². The van der Waals surface area contributed by atoms with Crippen molar-refractivity contribution in [3.8, 4) is 89.8 Å². The third-order valence-corrected chi connectivity index (χ3v) is 12.7. The summed E-state index contributed by atoms with van der Waals surface area (Å²) in [6.07, 6.45) is 0. The second-order valence-electron chi connectivity index (χ2n) is 17.0. The molecule has 0 amide bonds. The van der Waals surface area contributed by atoms with Crippen molar-refractivity contribution in [2.75, 3.05) is 0 Å². The van der Waals surface area contributed by atoms with Gasteiger partial charge in [0.15, 0.2) is 22.8 Å². The van der Waals surface area contributed by atoms with Gasteiger partial charge in [0.2, 0.25) is 0 Å². The molecule has 0 fully saturated rings. The first-order valence-electron chi connectivity index (χ1n) is 22.7. The Bertz CT molecular complexity index is 3750. The first-order valence-corrected chi connectivity index (χ1v) is 22.7. The molecule has 4 heterocycles. The van der Waals surface area contributed by atoms with Crippen molar-refractivity contribution >= 4 is 44.1 Å². The Morgan fingerprint density at radius 1 is 0.235 bits per heavy atom. The van der Waals surface area contributed by atoms with E-state index in [2.05, 4.69) is 182 Å². The maximum atomic E-state index is 6.53. The van der Waals surface area contributed by atoms with Gasteiger partial charge < -0.3 is 8.83 Å². The van der Waals surface area contributed by atoms with Crippen LogP contribution in [-0.4, -0.2) is 19.9 Å². The zero-order chi connectivity index (χ0) is 45.0. The van der Waals surface area contributed by atoms with E-state index in [4.69, 9.17) is 28.8 Å². The third kappa shape index (κ3) is 7.00. The quantitative estimate of drug-likeness (QED) is 0.151. The van der Waals surface area contributed by atoms with Crippen LogP contribution in [0.2, 0.25) is 0 Å². The van der Waals surface area contributed by atoms with E-state index in [-0.39, 0.29) is 0 Å². The van der Waals surface area contributed by atoms with Crippen LogP contribution in [0, 0.1) is 0 Å². The highest BCUT2D eigenvalue weighted by molar-refractivity contribution is 6.08. The van der Waals surface area contributed by atoms with Gasteiger partial charge in [0.1, 0.15) is 33.6 Å². The van der Waals surface area contributed by atoms with E-state index in [1.165, 1.54) is 0 Å². The Morgan fingerprint density at radius 3 is 0.956 bits per heavy atom. The fraction of sp³-hybridized carbons (Fsp3) is 0. The monoisotopic (exact) mass is 870 g/mol. The molecule has 0 saturated heterocycles. The molecule has 0 aliphatic carbocycles. The van der Waals surface area contributed by atoms with Gasteiger partial charge in [-0.1, -0.05) is 188 Å². The van der Waals surface area contributed by atoms with Crippen LogP contribution in [0.3, 0.4) is 0 Å². The highest BCUT2D eigenvalue weighted by Gasteiger charge is 2.21. The number of nitrogens with zero attached hydrogens (tertiary/aromatic N) is 4. The average Bonchev–Trinajstić information content (AvgIpc) is 4.00. The molecule has 0 unspecified atom stereocenters. The molecule has 6 heteroatoms. The average molecular weight is 871 g/mol. The molecule has 0 bridgehead atoms. The van der Waals surface area contributed by atoms with Gasteiger partial charge in [0.05, 0.1) is 0 Å². The predicted molar refractivity (Wildman–Crippen MR) is 276 cm³/mol. The predicted octanol–water partition coefficient (Wildman–Crippen LogP) is 16.4. The topological polar surface area (TPSA) is 77.8 Å². The molecule has 4 aromatic heterocycles. The largest absolute Gasteiger partial charge is 0.452 e. The molecule has 0 aliphatic heterocycles. The Balaban J connectivity index is 0.875. The summed E-state index contributed by atoms with van der Waals surface area (Å²) in [6, 6.07) is 79.5. The molecule has 9 aromatic carbocycles. The number of para-hydroxylation sites is 2. The third-order valence-electron chi connectivity index (χ3n) is 12.7. The van der Waals surface area contributed by atoms with E-state index in [0.717, 1.165) is 111 Å². The summed E-state index contributed by atoms with van der Waals surface area (Å²) in [4.78, 5) is 20.7. The van der Waals surface area contributed by atoms with E-state index < -0.39 is 0 Å². The molecule has 6 nitrogen and oxygen atoms in total. The lowest BCUT2D eigenvalue weighted by Gasteiger charge is -2.11. The van der Waals surface area contributed by atoms with E-state index in [1.807, 2.05) is 48.5 Å². The maximum absolute atomic E-state index is 6.53. The van der Waals surface area contributed by atoms with Crippen LogP contribution in [0.5, 0.6) is 0 Å². The summed E-state index contributed by atoms with van der Waals surface area (Å²) in [5.41, 5.74) is 18.5. The summed E-state index contributed by atoms with van der Waals surface area (Å²) in [6.45, 7) is 0. The van der Waals surface area contributed by atoms with Crippen molar-refractivity contribution in [3.05, 3.63) is 231 Å². The van der Waals surface area contributed by atoms with Crippen LogP contribution in [-0.2, 0) is 0 Å². The number of hydrogen-bond acceptors (Lipinski definition) is 6. The SMILES string of the molecule is c1ccc(-c2ccc(-c3nc(-c4cccc(-c5cccc(-c6cccc(-c7nc(-c8ccc(-c9ccccc9)cc8)nc8c7oc7ccccc78)c6)c5)c4)c4oc5ccccc5c4n3)cc2)cc1. The first-order chi connectivity index (χ1) is 33.7. The summed E-state index contributed by atoms with van der Waals surface area (Å²) in [7, 11) is 0. The molecule has 0 aliphatic rings. The standard InChI is InChI=1S/C62H38N4O2/c1-3-14-39(15-4-1)41-28-32-43(33-29-41)61-63-55(59-57(65-61)51-24-7-9-26-53(51)67-59)49-22-12-20-47(37-49)45-18-11-19-46(36-45)48-21-13-23-50(38-48)56-60-58(52-25-8-10-27-54(52)68-60)66-62(64-56)44-34-30-42(31-35-44)40-16-5-2-6-17-40/h1-38H. The van der Waals surface area contributed by atoms with Gasteiger partial charge in [-0.25, -0.2) is 19.9 Å². The summed E-state index contributed by atoms with van der Waals surface area (Å²) >= 11 is 0. The van der Waals surface area contributed by atoms with E-state index in [0.29, 0.717) is 22.8 Å². The summed E-state index contributed by atoms with van der Waals surface area (Å²) in [5.74, 6) is 1.28. The summed E-state index contributed by atoms with van der Waals surface area (Å²) in [5, 5.41) is 1.91. The fourth-order valence-corrected chi connectivity index (χ4v) is 9.29. The minimum Gasteiger partial charge on any atom is -0.452 e. The van der Waals surface area contributed by atoms with Crippen molar-refractivity contribution in [1.29, 1.82) is 0 Å². The molecule has 0 saturated carbocycles. The number of aromatic nitrogens is 4. The van der Waals surface area contributed by atoms with E-state index in [1.54, 1.807) is 0 Å². The number of furan rings is 2. The maximum Gasteiger partial charge on any atom is 0.180 e. The van der Waals surface area contributed by atoms with Gasteiger partial charge in [-0.05, 0) is 87.0 Å². The number of rotatable bonds is 8. The van der Waals surface area contributed by atoms with Crippen molar-refractivity contribution < 1.29 is 8.83 Å². The second-order valence-corrected chi connectivity index (χ2v) is 17.0. The molecular formula is C62H38N4O2. The number of fused-ring (bicyclic) bond motifs is 6. The first kappa shape index (κ1) is 39.1.